The maximum Gasteiger partial charge on any atom is 0.338 e. The lowest BCUT2D eigenvalue weighted by Crippen LogP contribution is -2.02. The Morgan fingerprint density at radius 2 is 2.20 bits per heavy atom. The van der Waals surface area contributed by atoms with E-state index in [1.807, 2.05) is 19.9 Å². The Labute approximate surface area is 86.3 Å². The molecule has 0 aliphatic carbocycles. The maximum absolute atomic E-state index is 10.9. The minimum atomic E-state index is -0.976. The summed E-state index contributed by atoms with van der Waals surface area (Å²) in [6.45, 7) is 3.95. The van der Waals surface area contributed by atoms with E-state index >= 15 is 0 Å². The van der Waals surface area contributed by atoms with Gasteiger partial charge < -0.3 is 5.11 Å². The molecule has 0 aliphatic heterocycles. The number of aromatic nitrogens is 3. The summed E-state index contributed by atoms with van der Waals surface area (Å²) in [5, 5.41) is 16.8. The van der Waals surface area contributed by atoms with Crippen molar-refractivity contribution in [2.75, 3.05) is 0 Å². The molecule has 1 aromatic heterocycles. The van der Waals surface area contributed by atoms with Gasteiger partial charge in [0.15, 0.2) is 0 Å². The third-order valence-electron chi connectivity index (χ3n) is 2.22. The van der Waals surface area contributed by atoms with E-state index < -0.39 is 5.97 Å². The molecule has 0 saturated heterocycles. The van der Waals surface area contributed by atoms with Gasteiger partial charge in [-0.15, -0.1) is 5.10 Å². The van der Waals surface area contributed by atoms with Crippen molar-refractivity contribution in [2.24, 2.45) is 0 Å². The van der Waals surface area contributed by atoms with Gasteiger partial charge in [-0.2, -0.15) is 0 Å². The fourth-order valence-corrected chi connectivity index (χ4v) is 1.52. The first kappa shape index (κ1) is 9.64. The molecule has 0 radical (unpaired) electrons. The van der Waals surface area contributed by atoms with E-state index in [0.717, 1.165) is 5.52 Å². The van der Waals surface area contributed by atoms with Gasteiger partial charge in [0.25, 0.3) is 0 Å². The molecule has 78 valence electrons. The van der Waals surface area contributed by atoms with Crippen molar-refractivity contribution >= 4 is 17.0 Å². The first-order valence-electron chi connectivity index (χ1n) is 4.68. The summed E-state index contributed by atoms with van der Waals surface area (Å²) in [6, 6.07) is 5.22. The van der Waals surface area contributed by atoms with Gasteiger partial charge >= 0.3 is 5.97 Å². The molecule has 2 aromatic rings. The van der Waals surface area contributed by atoms with Gasteiger partial charge in [-0.3, -0.25) is 0 Å². The Kier molecular flexibility index (Phi) is 2.15. The molecule has 1 heterocycles. The van der Waals surface area contributed by atoms with Gasteiger partial charge in [-0.1, -0.05) is 11.3 Å². The minimum Gasteiger partial charge on any atom is -0.478 e. The molecule has 0 spiro atoms. The van der Waals surface area contributed by atoms with Crippen LogP contribution in [0.3, 0.4) is 0 Å². The molecule has 5 nitrogen and oxygen atoms in total. The first-order chi connectivity index (χ1) is 7.11. The highest BCUT2D eigenvalue weighted by molar-refractivity contribution is 6.00. The van der Waals surface area contributed by atoms with Crippen molar-refractivity contribution in [3.63, 3.8) is 0 Å². The Hall–Kier alpha value is -1.91. The Morgan fingerprint density at radius 1 is 1.47 bits per heavy atom. The molecule has 0 amide bonds. The van der Waals surface area contributed by atoms with Crippen LogP contribution in [-0.4, -0.2) is 26.1 Å². The van der Waals surface area contributed by atoms with E-state index in [2.05, 4.69) is 10.3 Å². The van der Waals surface area contributed by atoms with Crippen LogP contribution in [0.4, 0.5) is 0 Å². The van der Waals surface area contributed by atoms with Crippen molar-refractivity contribution in [1.29, 1.82) is 0 Å². The van der Waals surface area contributed by atoms with Crippen LogP contribution >= 0.6 is 0 Å². The summed E-state index contributed by atoms with van der Waals surface area (Å²) in [6.07, 6.45) is 0. The third kappa shape index (κ3) is 1.45. The molecule has 1 aromatic carbocycles. The van der Waals surface area contributed by atoms with Crippen LogP contribution in [0.25, 0.3) is 11.0 Å². The summed E-state index contributed by atoms with van der Waals surface area (Å²) >= 11 is 0. The molecule has 2 rings (SSSR count). The van der Waals surface area contributed by atoms with Crippen molar-refractivity contribution < 1.29 is 9.90 Å². The number of aromatic carboxylic acids is 1. The van der Waals surface area contributed by atoms with Gasteiger partial charge in [-0.25, -0.2) is 9.48 Å². The average Bonchev–Trinajstić information content (AvgIpc) is 2.59. The second-order valence-electron chi connectivity index (χ2n) is 3.61. The monoisotopic (exact) mass is 205 g/mol. The average molecular weight is 205 g/mol. The molecule has 0 fully saturated rings. The van der Waals surface area contributed by atoms with Gasteiger partial charge in [0.05, 0.1) is 11.1 Å². The smallest absolute Gasteiger partial charge is 0.338 e. The number of fused-ring (bicyclic) bond motifs is 1. The second-order valence-corrected chi connectivity index (χ2v) is 3.61. The summed E-state index contributed by atoms with van der Waals surface area (Å²) in [5.41, 5.74) is 1.39. The van der Waals surface area contributed by atoms with Crippen LogP contribution in [0.5, 0.6) is 0 Å². The molecule has 0 bridgehead atoms. The number of rotatable bonds is 2. The van der Waals surface area contributed by atoms with Crippen molar-refractivity contribution in [3.8, 4) is 0 Å². The van der Waals surface area contributed by atoms with E-state index in [1.54, 1.807) is 10.7 Å². The number of benzene rings is 1. The van der Waals surface area contributed by atoms with Gasteiger partial charge in [0, 0.05) is 6.04 Å². The van der Waals surface area contributed by atoms with E-state index in [0.29, 0.717) is 5.52 Å². The molecule has 0 atom stereocenters. The van der Waals surface area contributed by atoms with E-state index in [9.17, 15) is 4.79 Å². The quantitative estimate of drug-likeness (QED) is 0.810. The van der Waals surface area contributed by atoms with Crippen LogP contribution in [0.15, 0.2) is 18.2 Å². The third-order valence-corrected chi connectivity index (χ3v) is 2.22. The zero-order valence-electron chi connectivity index (χ0n) is 8.51. The highest BCUT2D eigenvalue weighted by atomic mass is 16.4. The second kappa shape index (κ2) is 3.34. The maximum atomic E-state index is 10.9. The predicted molar refractivity (Wildman–Crippen MR) is 54.9 cm³/mol. The van der Waals surface area contributed by atoms with Crippen LogP contribution in [-0.2, 0) is 0 Å². The van der Waals surface area contributed by atoms with Crippen LogP contribution < -0.4 is 0 Å². The van der Waals surface area contributed by atoms with Crippen molar-refractivity contribution in [2.45, 2.75) is 19.9 Å². The summed E-state index contributed by atoms with van der Waals surface area (Å²) in [4.78, 5) is 10.9. The van der Waals surface area contributed by atoms with Crippen molar-refractivity contribution in [1.82, 2.24) is 15.0 Å². The van der Waals surface area contributed by atoms with Gasteiger partial charge in [-0.05, 0) is 26.0 Å². The molecule has 0 saturated carbocycles. The molecular weight excluding hydrogens is 194 g/mol. The zero-order valence-corrected chi connectivity index (χ0v) is 8.51. The summed E-state index contributed by atoms with van der Waals surface area (Å²) in [5.74, 6) is -0.976. The van der Waals surface area contributed by atoms with E-state index in [4.69, 9.17) is 5.11 Å². The number of carbonyl (C=O) groups is 1. The lowest BCUT2D eigenvalue weighted by molar-refractivity contribution is 0.0699. The number of carboxylic acid groups (broad SMARTS) is 1. The number of carboxylic acids is 1. The minimum absolute atomic E-state index is 0.166. The number of nitrogens with zero attached hydrogens (tertiary/aromatic N) is 3. The molecule has 0 aliphatic rings. The van der Waals surface area contributed by atoms with E-state index in [1.165, 1.54) is 6.07 Å². The normalized spacial score (nSPS) is 11.1. The fourth-order valence-electron chi connectivity index (χ4n) is 1.52. The lowest BCUT2D eigenvalue weighted by Gasteiger charge is -2.04. The fraction of sp³-hybridized carbons (Fsp3) is 0.300. The standard InChI is InChI=1S/C10H11N3O2/c1-6(2)13-8-5-3-4-7(10(14)15)9(8)11-12-13/h3-6H,1-2H3,(H,14,15). The highest BCUT2D eigenvalue weighted by Gasteiger charge is 2.14. The van der Waals surface area contributed by atoms with Crippen LogP contribution in [0.2, 0.25) is 0 Å². The summed E-state index contributed by atoms with van der Waals surface area (Å²) in [7, 11) is 0. The lowest BCUT2D eigenvalue weighted by atomic mass is 10.2. The molecule has 15 heavy (non-hydrogen) atoms. The summed E-state index contributed by atoms with van der Waals surface area (Å²) < 4.78 is 1.71. The molecule has 0 unspecified atom stereocenters. The predicted octanol–water partition coefficient (Wildman–Crippen LogP) is 1.71. The number of hydrogen-bond acceptors (Lipinski definition) is 3. The van der Waals surface area contributed by atoms with Gasteiger partial charge in [0.1, 0.15) is 5.52 Å². The SMILES string of the molecule is CC(C)n1nnc2c(C(=O)O)cccc21. The molecule has 1 N–H and O–H groups in total. The Bertz CT molecular complexity index is 516. The zero-order chi connectivity index (χ0) is 11.0. The van der Waals surface area contributed by atoms with Gasteiger partial charge in [0.2, 0.25) is 0 Å². The largest absolute Gasteiger partial charge is 0.478 e. The Balaban J connectivity index is 2.74. The topological polar surface area (TPSA) is 68.0 Å². The first-order valence-corrected chi connectivity index (χ1v) is 4.68. The number of hydrogen-bond donors (Lipinski definition) is 1. The Morgan fingerprint density at radius 3 is 2.80 bits per heavy atom. The van der Waals surface area contributed by atoms with Crippen LogP contribution in [0, 0.1) is 0 Å². The van der Waals surface area contributed by atoms with E-state index in [-0.39, 0.29) is 11.6 Å². The molecule has 5 heteroatoms. The highest BCUT2D eigenvalue weighted by Crippen LogP contribution is 2.18. The van der Waals surface area contributed by atoms with Crippen LogP contribution in [0.1, 0.15) is 30.2 Å². The van der Waals surface area contributed by atoms with Crippen molar-refractivity contribution in [3.05, 3.63) is 23.8 Å². The molecular formula is C10H11N3O2.